The fourth-order valence-corrected chi connectivity index (χ4v) is 4.39. The molecule has 0 radical (unpaired) electrons. The van der Waals surface area contributed by atoms with E-state index in [2.05, 4.69) is 15.9 Å². The summed E-state index contributed by atoms with van der Waals surface area (Å²) in [6.07, 6.45) is 1.65. The third-order valence-corrected chi connectivity index (χ3v) is 6.72. The highest BCUT2D eigenvalue weighted by Gasteiger charge is 2.47. The number of aliphatic hydroxyl groups excluding tert-OH is 1. The highest BCUT2D eigenvalue weighted by Crippen LogP contribution is 2.40. The van der Waals surface area contributed by atoms with Crippen LogP contribution >= 0.6 is 27.5 Å². The molecule has 0 spiro atoms. The van der Waals surface area contributed by atoms with Gasteiger partial charge in [0.25, 0.3) is 11.7 Å². The van der Waals surface area contributed by atoms with E-state index >= 15 is 0 Å². The number of aliphatic hydroxyl groups is 1. The van der Waals surface area contributed by atoms with Crippen LogP contribution in [-0.4, -0.2) is 41.0 Å². The number of carbonyl (C=O) groups is 2. The van der Waals surface area contributed by atoms with Crippen molar-refractivity contribution in [3.05, 3.63) is 74.2 Å². The first-order valence-electron chi connectivity index (χ1n) is 9.79. The molecule has 2 fully saturated rings. The van der Waals surface area contributed by atoms with Gasteiger partial charge in [-0.15, -0.1) is 0 Å². The Hall–Kier alpha value is -2.15. The number of Topliss-reactive ketones (excluding diaryl/α,β-unsaturated/α-hetero) is 1. The molecule has 2 unspecified atom stereocenters. The Labute approximate surface area is 188 Å². The summed E-state index contributed by atoms with van der Waals surface area (Å²) in [5.41, 5.74) is 2.20. The average Bonchev–Trinajstić information content (AvgIpc) is 3.33. The molecule has 2 atom stereocenters. The Morgan fingerprint density at radius 2 is 1.97 bits per heavy atom. The second-order valence-electron chi connectivity index (χ2n) is 7.60. The van der Waals surface area contributed by atoms with Crippen molar-refractivity contribution in [3.8, 4) is 0 Å². The van der Waals surface area contributed by atoms with Crippen molar-refractivity contribution < 1.29 is 19.4 Å². The minimum atomic E-state index is -0.699. The number of amides is 1. The molecule has 0 aliphatic carbocycles. The molecule has 30 heavy (non-hydrogen) atoms. The monoisotopic (exact) mass is 489 g/mol. The Bertz CT molecular complexity index is 1030. The van der Waals surface area contributed by atoms with Crippen LogP contribution in [0.5, 0.6) is 0 Å². The quantitative estimate of drug-likeness (QED) is 0.372. The summed E-state index contributed by atoms with van der Waals surface area (Å²) >= 11 is 9.49. The summed E-state index contributed by atoms with van der Waals surface area (Å²) < 4.78 is 6.60. The molecular weight excluding hydrogens is 470 g/mol. The lowest BCUT2D eigenvalue weighted by atomic mass is 9.95. The van der Waals surface area contributed by atoms with Crippen LogP contribution in [0.15, 0.2) is 52.5 Å². The maximum atomic E-state index is 13.0. The molecule has 0 aromatic heterocycles. The first-order valence-corrected chi connectivity index (χ1v) is 11.0. The van der Waals surface area contributed by atoms with Gasteiger partial charge in [-0.3, -0.25) is 9.59 Å². The van der Waals surface area contributed by atoms with Gasteiger partial charge >= 0.3 is 0 Å². The number of aryl methyl sites for hydroxylation is 1. The molecule has 156 valence electrons. The Morgan fingerprint density at radius 1 is 1.23 bits per heavy atom. The van der Waals surface area contributed by atoms with E-state index in [-0.39, 0.29) is 17.4 Å². The van der Waals surface area contributed by atoms with E-state index < -0.39 is 17.7 Å². The summed E-state index contributed by atoms with van der Waals surface area (Å²) in [6.45, 7) is 2.85. The van der Waals surface area contributed by atoms with E-state index in [1.807, 2.05) is 13.0 Å². The van der Waals surface area contributed by atoms with E-state index in [9.17, 15) is 14.7 Å². The predicted molar refractivity (Wildman–Crippen MR) is 118 cm³/mol. The van der Waals surface area contributed by atoms with Crippen molar-refractivity contribution in [2.75, 3.05) is 13.2 Å². The molecule has 1 N–H and O–H groups in total. The van der Waals surface area contributed by atoms with E-state index in [4.69, 9.17) is 16.3 Å². The average molecular weight is 491 g/mol. The second-order valence-corrected chi connectivity index (χ2v) is 8.89. The van der Waals surface area contributed by atoms with Gasteiger partial charge in [0.05, 0.1) is 17.7 Å². The molecule has 0 saturated carbocycles. The number of benzene rings is 2. The molecule has 0 bridgehead atoms. The molecule has 2 saturated heterocycles. The zero-order chi connectivity index (χ0) is 21.4. The van der Waals surface area contributed by atoms with Gasteiger partial charge in [-0.05, 0) is 55.2 Å². The number of hydrogen-bond acceptors (Lipinski definition) is 4. The Balaban J connectivity index is 1.83. The summed E-state index contributed by atoms with van der Waals surface area (Å²) in [6, 6.07) is 11.6. The Morgan fingerprint density at radius 3 is 2.60 bits per heavy atom. The normalized spacial score (nSPS) is 23.4. The van der Waals surface area contributed by atoms with Gasteiger partial charge in [0.2, 0.25) is 0 Å². The highest BCUT2D eigenvalue weighted by atomic mass is 79.9. The van der Waals surface area contributed by atoms with Gasteiger partial charge in [0.1, 0.15) is 5.76 Å². The van der Waals surface area contributed by atoms with Gasteiger partial charge in [0.15, 0.2) is 0 Å². The van der Waals surface area contributed by atoms with Crippen molar-refractivity contribution in [3.63, 3.8) is 0 Å². The fraction of sp³-hybridized carbons (Fsp3) is 0.304. The zero-order valence-electron chi connectivity index (χ0n) is 16.4. The molecule has 7 heteroatoms. The van der Waals surface area contributed by atoms with Crippen LogP contribution in [0, 0.1) is 6.92 Å². The number of rotatable bonds is 4. The van der Waals surface area contributed by atoms with Gasteiger partial charge in [0, 0.05) is 28.2 Å². The molecule has 2 heterocycles. The van der Waals surface area contributed by atoms with Crippen LogP contribution in [0.1, 0.15) is 35.6 Å². The molecule has 2 aromatic rings. The van der Waals surface area contributed by atoms with E-state index in [0.29, 0.717) is 29.3 Å². The second kappa shape index (κ2) is 8.53. The van der Waals surface area contributed by atoms with Gasteiger partial charge < -0.3 is 14.7 Å². The molecular formula is C23H21BrClNO4. The summed E-state index contributed by atoms with van der Waals surface area (Å²) in [5.74, 6) is -1.49. The standard InChI is InChI=1S/C23H21BrClNO4/c1-13-11-15(6-9-18(13)24)21(27)19-20(14-4-7-16(25)8-5-14)26(23(29)22(19)28)12-17-3-2-10-30-17/h4-9,11,17,20,27H,2-3,10,12H2,1H3/b21-19-. The third kappa shape index (κ3) is 3.92. The smallest absolute Gasteiger partial charge is 0.295 e. The lowest BCUT2D eigenvalue weighted by molar-refractivity contribution is -0.140. The lowest BCUT2D eigenvalue weighted by Crippen LogP contribution is -2.36. The van der Waals surface area contributed by atoms with Gasteiger partial charge in [-0.1, -0.05) is 45.7 Å². The minimum Gasteiger partial charge on any atom is -0.507 e. The zero-order valence-corrected chi connectivity index (χ0v) is 18.7. The summed E-state index contributed by atoms with van der Waals surface area (Å²) in [4.78, 5) is 27.5. The summed E-state index contributed by atoms with van der Waals surface area (Å²) in [5, 5.41) is 11.7. The molecule has 2 aliphatic rings. The van der Waals surface area contributed by atoms with E-state index in [1.165, 1.54) is 4.90 Å². The van der Waals surface area contributed by atoms with Crippen molar-refractivity contribution in [1.29, 1.82) is 0 Å². The number of ether oxygens (including phenoxy) is 1. The van der Waals surface area contributed by atoms with Crippen LogP contribution in [0.25, 0.3) is 5.76 Å². The topological polar surface area (TPSA) is 66.8 Å². The number of ketones is 1. The van der Waals surface area contributed by atoms with Crippen molar-refractivity contribution >= 4 is 45.0 Å². The van der Waals surface area contributed by atoms with Crippen molar-refractivity contribution in [1.82, 2.24) is 4.90 Å². The lowest BCUT2D eigenvalue weighted by Gasteiger charge is -2.27. The molecule has 4 rings (SSSR count). The first kappa shape index (κ1) is 21.1. The van der Waals surface area contributed by atoms with Crippen LogP contribution in [-0.2, 0) is 14.3 Å². The summed E-state index contributed by atoms with van der Waals surface area (Å²) in [7, 11) is 0. The molecule has 5 nitrogen and oxygen atoms in total. The van der Waals surface area contributed by atoms with E-state index in [0.717, 1.165) is 22.9 Å². The van der Waals surface area contributed by atoms with Crippen LogP contribution in [0.2, 0.25) is 5.02 Å². The van der Waals surface area contributed by atoms with Crippen molar-refractivity contribution in [2.24, 2.45) is 0 Å². The predicted octanol–water partition coefficient (Wildman–Crippen LogP) is 5.01. The number of nitrogens with zero attached hydrogens (tertiary/aromatic N) is 1. The minimum absolute atomic E-state index is 0.0852. The SMILES string of the molecule is Cc1cc(/C(O)=C2/C(=O)C(=O)N(CC3CCCO3)C2c2ccc(Cl)cc2)ccc1Br. The van der Waals surface area contributed by atoms with Crippen LogP contribution < -0.4 is 0 Å². The molecule has 2 aliphatic heterocycles. The third-order valence-electron chi connectivity index (χ3n) is 5.58. The fourth-order valence-electron chi connectivity index (χ4n) is 4.02. The number of carbonyl (C=O) groups excluding carboxylic acids is 2. The van der Waals surface area contributed by atoms with Crippen LogP contribution in [0.3, 0.4) is 0 Å². The molecule has 2 aromatic carbocycles. The molecule has 1 amide bonds. The Kier molecular flexibility index (Phi) is 6.00. The van der Waals surface area contributed by atoms with Gasteiger partial charge in [-0.25, -0.2) is 0 Å². The number of hydrogen-bond donors (Lipinski definition) is 1. The largest absolute Gasteiger partial charge is 0.507 e. The van der Waals surface area contributed by atoms with Crippen molar-refractivity contribution in [2.45, 2.75) is 31.9 Å². The van der Waals surface area contributed by atoms with Crippen LogP contribution in [0.4, 0.5) is 0 Å². The van der Waals surface area contributed by atoms with E-state index in [1.54, 1.807) is 36.4 Å². The van der Waals surface area contributed by atoms with Gasteiger partial charge in [-0.2, -0.15) is 0 Å². The number of likely N-dealkylation sites (tertiary alicyclic amines) is 1. The maximum Gasteiger partial charge on any atom is 0.295 e. The first-order chi connectivity index (χ1) is 14.4. The maximum absolute atomic E-state index is 13.0. The highest BCUT2D eigenvalue weighted by molar-refractivity contribution is 9.10. The number of halogens is 2.